The van der Waals surface area contributed by atoms with Crippen LogP contribution in [0.15, 0.2) is 57.0 Å². The highest BCUT2D eigenvalue weighted by Gasteiger charge is 2.12. The van der Waals surface area contributed by atoms with Crippen molar-refractivity contribution in [3.05, 3.63) is 62.5 Å². The van der Waals surface area contributed by atoms with E-state index in [-0.39, 0.29) is 11.3 Å². The van der Waals surface area contributed by atoms with Gasteiger partial charge in [-0.3, -0.25) is 4.79 Å². The normalized spacial score (nSPS) is 10.9. The van der Waals surface area contributed by atoms with Gasteiger partial charge in [0.1, 0.15) is 17.4 Å². The van der Waals surface area contributed by atoms with Gasteiger partial charge < -0.3 is 10.4 Å². The molecular formula is C16H10Br2N2O2. The first-order valence-electron chi connectivity index (χ1n) is 6.17. The summed E-state index contributed by atoms with van der Waals surface area (Å²) in [6.07, 6.45) is 1.34. The van der Waals surface area contributed by atoms with E-state index in [0.717, 1.165) is 0 Å². The predicted molar refractivity (Wildman–Crippen MR) is 92.2 cm³/mol. The third-order valence-corrected chi connectivity index (χ3v) is 3.82. The van der Waals surface area contributed by atoms with E-state index in [0.29, 0.717) is 20.2 Å². The Bertz CT molecular complexity index is 781. The minimum absolute atomic E-state index is 0.0385. The van der Waals surface area contributed by atoms with Crippen LogP contribution in [0.2, 0.25) is 0 Å². The molecule has 2 aromatic rings. The minimum Gasteiger partial charge on any atom is -0.506 e. The average molecular weight is 422 g/mol. The van der Waals surface area contributed by atoms with Crippen LogP contribution >= 0.6 is 31.9 Å². The van der Waals surface area contributed by atoms with E-state index in [2.05, 4.69) is 37.2 Å². The van der Waals surface area contributed by atoms with E-state index in [1.54, 1.807) is 36.4 Å². The van der Waals surface area contributed by atoms with Gasteiger partial charge >= 0.3 is 0 Å². The lowest BCUT2D eigenvalue weighted by Gasteiger charge is -2.06. The quantitative estimate of drug-likeness (QED) is 0.567. The molecule has 0 heterocycles. The number of nitriles is 1. The van der Waals surface area contributed by atoms with Crippen LogP contribution in [-0.4, -0.2) is 11.0 Å². The number of nitrogens with one attached hydrogen (secondary N) is 1. The van der Waals surface area contributed by atoms with Crippen molar-refractivity contribution in [2.75, 3.05) is 5.32 Å². The number of carbonyl (C=O) groups is 1. The number of phenolic OH excluding ortho intramolecular Hbond substituents is 1. The van der Waals surface area contributed by atoms with E-state index in [1.807, 2.05) is 12.1 Å². The molecule has 0 aliphatic carbocycles. The van der Waals surface area contributed by atoms with Crippen molar-refractivity contribution >= 4 is 49.5 Å². The number of nitrogens with zero attached hydrogens (tertiary/aromatic N) is 1. The Kier molecular flexibility index (Phi) is 5.36. The fourth-order valence-electron chi connectivity index (χ4n) is 1.72. The van der Waals surface area contributed by atoms with Gasteiger partial charge in [-0.05, 0) is 46.3 Å². The molecule has 0 aromatic heterocycles. The van der Waals surface area contributed by atoms with Crippen LogP contribution in [0.5, 0.6) is 5.75 Å². The van der Waals surface area contributed by atoms with E-state index in [1.165, 1.54) is 6.08 Å². The van der Waals surface area contributed by atoms with Gasteiger partial charge in [-0.1, -0.05) is 34.1 Å². The smallest absolute Gasteiger partial charge is 0.266 e. The Morgan fingerprint density at radius 3 is 2.55 bits per heavy atom. The second-order valence-electron chi connectivity index (χ2n) is 4.32. The molecule has 2 rings (SSSR count). The van der Waals surface area contributed by atoms with Crippen LogP contribution in [0.3, 0.4) is 0 Å². The summed E-state index contributed by atoms with van der Waals surface area (Å²) in [6.45, 7) is 0. The summed E-state index contributed by atoms with van der Waals surface area (Å²) in [7, 11) is 0. The van der Waals surface area contributed by atoms with Crippen molar-refractivity contribution in [3.8, 4) is 11.8 Å². The minimum atomic E-state index is -0.538. The van der Waals surface area contributed by atoms with Crippen molar-refractivity contribution < 1.29 is 9.90 Å². The molecule has 2 aromatic carbocycles. The second kappa shape index (κ2) is 7.25. The monoisotopic (exact) mass is 420 g/mol. The molecule has 0 fully saturated rings. The van der Waals surface area contributed by atoms with Crippen LogP contribution in [0.1, 0.15) is 5.56 Å². The number of aromatic hydroxyl groups is 1. The van der Waals surface area contributed by atoms with Crippen LogP contribution in [0, 0.1) is 11.3 Å². The molecule has 0 bridgehead atoms. The maximum absolute atomic E-state index is 12.1. The standard InChI is InChI=1S/C16H10Br2N2O2/c17-12-7-10(15(21)14(18)8-12)6-11(9-19)16(22)20-13-4-2-1-3-5-13/h1-8,21H,(H,20,22)/b11-6-. The highest BCUT2D eigenvalue weighted by Crippen LogP contribution is 2.33. The van der Waals surface area contributed by atoms with Gasteiger partial charge in [-0.15, -0.1) is 0 Å². The summed E-state index contributed by atoms with van der Waals surface area (Å²) in [5.74, 6) is -0.576. The topological polar surface area (TPSA) is 73.1 Å². The van der Waals surface area contributed by atoms with Crippen molar-refractivity contribution in [2.24, 2.45) is 0 Å². The molecular weight excluding hydrogens is 412 g/mol. The molecule has 0 radical (unpaired) electrons. The van der Waals surface area contributed by atoms with Gasteiger partial charge in [0.05, 0.1) is 4.47 Å². The van der Waals surface area contributed by atoms with Crippen LogP contribution in [0.4, 0.5) is 5.69 Å². The number of phenols is 1. The molecule has 0 atom stereocenters. The van der Waals surface area contributed by atoms with E-state index < -0.39 is 5.91 Å². The first-order chi connectivity index (χ1) is 10.5. The van der Waals surface area contributed by atoms with Crippen molar-refractivity contribution in [1.29, 1.82) is 5.26 Å². The number of rotatable bonds is 3. The van der Waals surface area contributed by atoms with E-state index in [4.69, 9.17) is 0 Å². The van der Waals surface area contributed by atoms with Crippen LogP contribution in [-0.2, 0) is 4.79 Å². The number of hydrogen-bond acceptors (Lipinski definition) is 3. The fraction of sp³-hybridized carbons (Fsp3) is 0. The van der Waals surface area contributed by atoms with Crippen LogP contribution in [0.25, 0.3) is 6.08 Å². The zero-order valence-corrected chi connectivity index (χ0v) is 14.3. The summed E-state index contributed by atoms with van der Waals surface area (Å²) in [5, 5.41) is 21.8. The fourth-order valence-corrected chi connectivity index (χ4v) is 2.98. The third kappa shape index (κ3) is 3.97. The maximum Gasteiger partial charge on any atom is 0.266 e. The van der Waals surface area contributed by atoms with Gasteiger partial charge in [-0.25, -0.2) is 0 Å². The first-order valence-corrected chi connectivity index (χ1v) is 7.76. The Labute approximate surface area is 144 Å². The second-order valence-corrected chi connectivity index (χ2v) is 6.09. The number of anilines is 1. The summed E-state index contributed by atoms with van der Waals surface area (Å²) in [4.78, 5) is 12.1. The molecule has 0 aliphatic heterocycles. The molecule has 6 heteroatoms. The van der Waals surface area contributed by atoms with Crippen molar-refractivity contribution in [2.45, 2.75) is 0 Å². The lowest BCUT2D eigenvalue weighted by atomic mass is 10.1. The average Bonchev–Trinajstić information content (AvgIpc) is 2.50. The zero-order chi connectivity index (χ0) is 16.1. The lowest BCUT2D eigenvalue weighted by Crippen LogP contribution is -2.13. The van der Waals surface area contributed by atoms with Gasteiger partial charge in [0.25, 0.3) is 5.91 Å². The number of halogens is 2. The summed E-state index contributed by atoms with van der Waals surface area (Å²) >= 11 is 6.50. The van der Waals surface area contributed by atoms with Crippen molar-refractivity contribution in [1.82, 2.24) is 0 Å². The van der Waals surface area contributed by atoms with E-state index >= 15 is 0 Å². The largest absolute Gasteiger partial charge is 0.506 e. The Balaban J connectivity index is 2.32. The van der Waals surface area contributed by atoms with Gasteiger partial charge in [0.15, 0.2) is 0 Å². The van der Waals surface area contributed by atoms with Gasteiger partial charge in [-0.2, -0.15) is 5.26 Å². The van der Waals surface area contributed by atoms with Crippen LogP contribution < -0.4 is 5.32 Å². The third-order valence-electron chi connectivity index (χ3n) is 2.75. The molecule has 0 saturated carbocycles. The highest BCUT2D eigenvalue weighted by molar-refractivity contribution is 9.11. The lowest BCUT2D eigenvalue weighted by molar-refractivity contribution is -0.112. The summed E-state index contributed by atoms with van der Waals surface area (Å²) in [5.41, 5.74) is 0.846. The predicted octanol–water partition coefficient (Wildman–Crippen LogP) is 4.46. The molecule has 0 spiro atoms. The molecule has 4 nitrogen and oxygen atoms in total. The molecule has 22 heavy (non-hydrogen) atoms. The molecule has 1 amide bonds. The summed E-state index contributed by atoms with van der Waals surface area (Å²) < 4.78 is 1.18. The molecule has 0 aliphatic rings. The van der Waals surface area contributed by atoms with Gasteiger partial charge in [0.2, 0.25) is 0 Å². The molecule has 0 saturated heterocycles. The number of hydrogen-bond donors (Lipinski definition) is 2. The van der Waals surface area contributed by atoms with Gasteiger partial charge in [0, 0.05) is 15.7 Å². The summed E-state index contributed by atoms with van der Waals surface area (Å²) in [6, 6.07) is 14.0. The molecule has 0 unspecified atom stereocenters. The molecule has 2 N–H and O–H groups in total. The Morgan fingerprint density at radius 2 is 1.91 bits per heavy atom. The highest BCUT2D eigenvalue weighted by atomic mass is 79.9. The van der Waals surface area contributed by atoms with E-state index in [9.17, 15) is 15.2 Å². The number of carbonyl (C=O) groups excluding carboxylic acids is 1. The Hall–Kier alpha value is -2.10. The van der Waals surface area contributed by atoms with Crippen molar-refractivity contribution in [3.63, 3.8) is 0 Å². The number of amides is 1. The number of para-hydroxylation sites is 1. The zero-order valence-electron chi connectivity index (χ0n) is 11.2. The SMILES string of the molecule is N#C/C(=C/c1cc(Br)cc(Br)c1O)C(=O)Nc1ccccc1. The first kappa shape index (κ1) is 16.3. The maximum atomic E-state index is 12.1. The number of benzene rings is 2. The molecule has 110 valence electrons. The Morgan fingerprint density at radius 1 is 1.23 bits per heavy atom.